The number of nitrogens with one attached hydrogen (secondary N) is 1. The van der Waals surface area contributed by atoms with E-state index in [1.54, 1.807) is 6.92 Å². The van der Waals surface area contributed by atoms with Gasteiger partial charge in [-0.3, -0.25) is 19.3 Å². The van der Waals surface area contributed by atoms with E-state index in [1.165, 1.54) is 9.47 Å². The molecule has 3 aromatic rings. The van der Waals surface area contributed by atoms with Gasteiger partial charge in [0.15, 0.2) is 0 Å². The molecule has 0 saturated heterocycles. The summed E-state index contributed by atoms with van der Waals surface area (Å²) in [5.41, 5.74) is 2.06. The Balaban J connectivity index is 1.73. The van der Waals surface area contributed by atoms with E-state index in [-0.39, 0.29) is 31.8 Å². The van der Waals surface area contributed by atoms with Gasteiger partial charge in [0.1, 0.15) is 17.9 Å². The van der Waals surface area contributed by atoms with Gasteiger partial charge < -0.3 is 24.8 Å². The molecule has 0 saturated carbocycles. The Bertz CT molecular complexity index is 1370. The molecule has 2 heterocycles. The molecular weight excluding hydrogens is 466 g/mol. The number of benzene rings is 2. The van der Waals surface area contributed by atoms with E-state index in [0.29, 0.717) is 5.69 Å². The van der Waals surface area contributed by atoms with Crippen LogP contribution in [-0.2, 0) is 29.2 Å². The fourth-order valence-electron chi connectivity index (χ4n) is 4.16. The Labute approximate surface area is 206 Å². The second kappa shape index (κ2) is 10.3. The van der Waals surface area contributed by atoms with E-state index in [1.807, 2.05) is 54.6 Å². The standard InChI is InChI=1S/C26H25N3O7/c1-2-36-26(35)28-14-19-20(15-28)29(25(34)22(23(19)32)24(33)27-12-21(30)31)13-16-8-10-18(11-9-16)17-6-4-3-5-7-17/h3-11,32H,2,12-15H2,1H3,(H,27,33)(H,30,31). The lowest BCUT2D eigenvalue weighted by Crippen LogP contribution is -2.37. The van der Waals surface area contributed by atoms with Gasteiger partial charge in [-0.25, -0.2) is 4.79 Å². The van der Waals surface area contributed by atoms with E-state index in [2.05, 4.69) is 5.32 Å². The number of carboxylic acid groups (broad SMARTS) is 1. The second-order valence-corrected chi connectivity index (χ2v) is 8.23. The molecule has 0 atom stereocenters. The third-order valence-corrected chi connectivity index (χ3v) is 5.90. The number of hydrogen-bond acceptors (Lipinski definition) is 6. The van der Waals surface area contributed by atoms with Crippen LogP contribution in [-0.4, -0.2) is 50.8 Å². The maximum atomic E-state index is 13.4. The average molecular weight is 492 g/mol. The van der Waals surface area contributed by atoms with Gasteiger partial charge in [-0.1, -0.05) is 54.6 Å². The molecular formula is C26H25N3O7. The molecule has 0 unspecified atom stereocenters. The highest BCUT2D eigenvalue weighted by molar-refractivity contribution is 5.98. The molecule has 2 amide bonds. The van der Waals surface area contributed by atoms with Gasteiger partial charge in [0, 0.05) is 11.3 Å². The Hall–Kier alpha value is -4.60. The van der Waals surface area contributed by atoms with Gasteiger partial charge in [-0.2, -0.15) is 0 Å². The minimum absolute atomic E-state index is 0.0100. The van der Waals surface area contributed by atoms with Crippen LogP contribution < -0.4 is 10.9 Å². The quantitative estimate of drug-likeness (QED) is 0.462. The van der Waals surface area contributed by atoms with Crippen molar-refractivity contribution in [1.82, 2.24) is 14.8 Å². The van der Waals surface area contributed by atoms with Crippen LogP contribution in [0.3, 0.4) is 0 Å². The molecule has 10 heteroatoms. The lowest BCUT2D eigenvalue weighted by molar-refractivity contribution is -0.135. The van der Waals surface area contributed by atoms with E-state index in [4.69, 9.17) is 9.84 Å². The molecule has 3 N–H and O–H groups in total. The highest BCUT2D eigenvalue weighted by Crippen LogP contribution is 2.32. The zero-order chi connectivity index (χ0) is 25.8. The van der Waals surface area contributed by atoms with Crippen LogP contribution in [0.2, 0.25) is 0 Å². The summed E-state index contributed by atoms with van der Waals surface area (Å²) in [5, 5.41) is 21.8. The normalized spacial score (nSPS) is 12.2. The number of carbonyl (C=O) groups excluding carboxylic acids is 2. The Morgan fingerprint density at radius 1 is 1.00 bits per heavy atom. The molecule has 186 valence electrons. The van der Waals surface area contributed by atoms with Crippen LogP contribution in [0.1, 0.15) is 34.1 Å². The largest absolute Gasteiger partial charge is 0.506 e. The van der Waals surface area contributed by atoms with Gasteiger partial charge in [-0.05, 0) is 23.6 Å². The maximum Gasteiger partial charge on any atom is 0.410 e. The Morgan fingerprint density at radius 2 is 1.67 bits per heavy atom. The third kappa shape index (κ3) is 4.92. The van der Waals surface area contributed by atoms with Crippen molar-refractivity contribution >= 4 is 18.0 Å². The fourth-order valence-corrected chi connectivity index (χ4v) is 4.16. The molecule has 36 heavy (non-hydrogen) atoms. The van der Waals surface area contributed by atoms with Gasteiger partial charge in [0.05, 0.1) is 26.2 Å². The van der Waals surface area contributed by atoms with Gasteiger partial charge in [0.25, 0.3) is 11.5 Å². The number of aromatic hydroxyl groups is 1. The number of carboxylic acids is 1. The lowest BCUT2D eigenvalue weighted by atomic mass is 10.0. The van der Waals surface area contributed by atoms with Crippen molar-refractivity contribution in [1.29, 1.82) is 0 Å². The minimum atomic E-state index is -1.30. The first-order chi connectivity index (χ1) is 17.3. The minimum Gasteiger partial charge on any atom is -0.506 e. The summed E-state index contributed by atoms with van der Waals surface area (Å²) < 4.78 is 6.39. The molecule has 1 aliphatic heterocycles. The summed E-state index contributed by atoms with van der Waals surface area (Å²) in [6.07, 6.45) is -0.615. The molecule has 1 aliphatic rings. The summed E-state index contributed by atoms with van der Waals surface area (Å²) >= 11 is 0. The highest BCUT2D eigenvalue weighted by atomic mass is 16.6. The maximum absolute atomic E-state index is 13.4. The third-order valence-electron chi connectivity index (χ3n) is 5.90. The highest BCUT2D eigenvalue weighted by Gasteiger charge is 2.34. The molecule has 0 bridgehead atoms. The number of aliphatic carboxylic acids is 1. The van der Waals surface area contributed by atoms with Crippen molar-refractivity contribution in [3.63, 3.8) is 0 Å². The zero-order valence-electron chi connectivity index (χ0n) is 19.6. The first-order valence-corrected chi connectivity index (χ1v) is 11.3. The lowest BCUT2D eigenvalue weighted by Gasteiger charge is -2.16. The molecule has 0 aliphatic carbocycles. The van der Waals surface area contributed by atoms with Crippen molar-refractivity contribution in [3.05, 3.63) is 87.3 Å². The Kier molecular flexibility index (Phi) is 7.05. The summed E-state index contributed by atoms with van der Waals surface area (Å²) in [6.45, 7) is 1.12. The number of hydrogen-bond donors (Lipinski definition) is 3. The number of ether oxygens (including phenoxy) is 1. The number of fused-ring (bicyclic) bond motifs is 1. The molecule has 10 nitrogen and oxygen atoms in total. The van der Waals surface area contributed by atoms with Crippen LogP contribution >= 0.6 is 0 Å². The molecule has 0 radical (unpaired) electrons. The fraction of sp³-hybridized carbons (Fsp3) is 0.231. The summed E-state index contributed by atoms with van der Waals surface area (Å²) in [7, 11) is 0. The van der Waals surface area contributed by atoms with Gasteiger partial charge in [-0.15, -0.1) is 0 Å². The SMILES string of the molecule is CCOC(=O)N1Cc2c(O)c(C(=O)NCC(=O)O)c(=O)n(Cc3ccc(-c4ccccc4)cc3)c2C1. The molecule has 4 rings (SSSR count). The molecule has 2 aromatic carbocycles. The molecule has 0 fully saturated rings. The van der Waals surface area contributed by atoms with Crippen LogP contribution in [0, 0.1) is 0 Å². The zero-order valence-corrected chi connectivity index (χ0v) is 19.6. The Morgan fingerprint density at radius 3 is 2.31 bits per heavy atom. The van der Waals surface area contributed by atoms with Crippen LogP contribution in [0.15, 0.2) is 59.4 Å². The van der Waals surface area contributed by atoms with Crippen molar-refractivity contribution in [2.24, 2.45) is 0 Å². The summed E-state index contributed by atoms with van der Waals surface area (Å²) in [4.78, 5) is 50.6. The van der Waals surface area contributed by atoms with Crippen LogP contribution in [0.25, 0.3) is 11.1 Å². The number of carbonyl (C=O) groups is 3. The van der Waals surface area contributed by atoms with Crippen molar-refractivity contribution in [2.75, 3.05) is 13.2 Å². The predicted molar refractivity (Wildman–Crippen MR) is 130 cm³/mol. The van der Waals surface area contributed by atoms with Crippen LogP contribution in [0.4, 0.5) is 4.79 Å². The smallest absolute Gasteiger partial charge is 0.410 e. The predicted octanol–water partition coefficient (Wildman–Crippen LogP) is 2.56. The van der Waals surface area contributed by atoms with Gasteiger partial charge in [0.2, 0.25) is 0 Å². The monoisotopic (exact) mass is 491 g/mol. The number of amides is 2. The molecule has 0 spiro atoms. The topological polar surface area (TPSA) is 138 Å². The van der Waals surface area contributed by atoms with E-state index < -0.39 is 41.4 Å². The van der Waals surface area contributed by atoms with Crippen molar-refractivity contribution in [2.45, 2.75) is 26.6 Å². The molecule has 1 aromatic heterocycles. The van der Waals surface area contributed by atoms with E-state index >= 15 is 0 Å². The van der Waals surface area contributed by atoms with E-state index in [0.717, 1.165) is 16.7 Å². The first kappa shape index (κ1) is 24.5. The van der Waals surface area contributed by atoms with Crippen molar-refractivity contribution in [3.8, 4) is 16.9 Å². The number of pyridine rings is 1. The number of nitrogens with zero attached hydrogens (tertiary/aromatic N) is 2. The second-order valence-electron chi connectivity index (χ2n) is 8.23. The average Bonchev–Trinajstić information content (AvgIpc) is 3.32. The van der Waals surface area contributed by atoms with Gasteiger partial charge >= 0.3 is 12.1 Å². The number of rotatable bonds is 7. The summed E-state index contributed by atoms with van der Waals surface area (Å²) in [5.74, 6) is -2.87. The van der Waals surface area contributed by atoms with E-state index in [9.17, 15) is 24.3 Å². The summed E-state index contributed by atoms with van der Waals surface area (Å²) in [6, 6.07) is 17.3. The van der Waals surface area contributed by atoms with Crippen molar-refractivity contribution < 1.29 is 29.3 Å². The van der Waals surface area contributed by atoms with Crippen LogP contribution in [0.5, 0.6) is 5.75 Å². The number of aromatic nitrogens is 1. The first-order valence-electron chi connectivity index (χ1n) is 11.3.